The summed E-state index contributed by atoms with van der Waals surface area (Å²) in [5.74, 6) is -1.15. The van der Waals surface area contributed by atoms with Crippen molar-refractivity contribution < 1.29 is 24.3 Å². The smallest absolute Gasteiger partial charge is 0.307 e. The second-order valence-corrected chi connectivity index (χ2v) is 6.56. The first-order valence-corrected chi connectivity index (χ1v) is 8.17. The Balaban J connectivity index is 2.29. The van der Waals surface area contributed by atoms with Crippen molar-refractivity contribution in [3.63, 3.8) is 0 Å². The van der Waals surface area contributed by atoms with Crippen LogP contribution in [-0.2, 0) is 19.2 Å². The second kappa shape index (κ2) is 9.79. The van der Waals surface area contributed by atoms with Crippen LogP contribution < -0.4 is 5.48 Å². The van der Waals surface area contributed by atoms with Crippen LogP contribution in [0.2, 0.25) is 0 Å². The lowest BCUT2D eigenvalue weighted by atomic mass is 9.91. The van der Waals surface area contributed by atoms with Crippen LogP contribution in [0.3, 0.4) is 0 Å². The van der Waals surface area contributed by atoms with E-state index in [9.17, 15) is 14.7 Å². The van der Waals surface area contributed by atoms with Gasteiger partial charge < -0.3 is 9.84 Å². The van der Waals surface area contributed by atoms with E-state index in [4.69, 9.17) is 9.57 Å². The SMILES string of the molecule is CC(C)COC(C)ONC(=O)CC(CC1CCCC1)C(=O)O. The maximum absolute atomic E-state index is 11.8. The van der Waals surface area contributed by atoms with E-state index in [2.05, 4.69) is 5.48 Å². The minimum atomic E-state index is -0.911. The number of aliphatic carboxylic acids is 1. The van der Waals surface area contributed by atoms with E-state index in [0.29, 0.717) is 24.9 Å². The lowest BCUT2D eigenvalue weighted by Gasteiger charge is -2.18. The Labute approximate surface area is 132 Å². The van der Waals surface area contributed by atoms with E-state index in [1.165, 1.54) is 0 Å². The summed E-state index contributed by atoms with van der Waals surface area (Å²) in [7, 11) is 0. The quantitative estimate of drug-likeness (QED) is 0.478. The fraction of sp³-hybridized carbons (Fsp3) is 0.875. The molecular formula is C16H29NO5. The minimum Gasteiger partial charge on any atom is -0.481 e. The highest BCUT2D eigenvalue weighted by Gasteiger charge is 2.27. The van der Waals surface area contributed by atoms with Gasteiger partial charge in [-0.3, -0.25) is 9.59 Å². The van der Waals surface area contributed by atoms with Crippen molar-refractivity contribution in [2.24, 2.45) is 17.8 Å². The normalized spacial score (nSPS) is 18.4. The van der Waals surface area contributed by atoms with Gasteiger partial charge in [0.05, 0.1) is 12.5 Å². The lowest BCUT2D eigenvalue weighted by molar-refractivity contribution is -0.184. The zero-order valence-corrected chi connectivity index (χ0v) is 13.8. The van der Waals surface area contributed by atoms with Crippen molar-refractivity contribution in [1.82, 2.24) is 5.48 Å². The molecule has 2 N–H and O–H groups in total. The molecule has 6 nitrogen and oxygen atoms in total. The zero-order chi connectivity index (χ0) is 16.5. The number of hydrogen-bond acceptors (Lipinski definition) is 4. The molecule has 22 heavy (non-hydrogen) atoms. The van der Waals surface area contributed by atoms with Gasteiger partial charge in [-0.25, -0.2) is 10.3 Å². The predicted molar refractivity (Wildman–Crippen MR) is 81.8 cm³/mol. The van der Waals surface area contributed by atoms with Crippen molar-refractivity contribution in [1.29, 1.82) is 0 Å². The first-order chi connectivity index (χ1) is 10.4. The average Bonchev–Trinajstić information content (AvgIpc) is 2.95. The fourth-order valence-corrected chi connectivity index (χ4v) is 2.70. The van der Waals surface area contributed by atoms with Crippen LogP contribution in [0.1, 0.15) is 59.3 Å². The monoisotopic (exact) mass is 315 g/mol. The van der Waals surface area contributed by atoms with Crippen molar-refractivity contribution in [3.05, 3.63) is 0 Å². The molecule has 1 fully saturated rings. The number of carboxylic acids is 1. The highest BCUT2D eigenvalue weighted by Crippen LogP contribution is 2.31. The lowest BCUT2D eigenvalue weighted by Crippen LogP contribution is -2.33. The number of ether oxygens (including phenoxy) is 1. The number of rotatable bonds is 10. The third kappa shape index (κ3) is 7.75. The van der Waals surface area contributed by atoms with Gasteiger partial charge in [0.15, 0.2) is 6.29 Å². The molecule has 128 valence electrons. The number of hydroxylamine groups is 1. The van der Waals surface area contributed by atoms with Gasteiger partial charge in [0.2, 0.25) is 5.91 Å². The summed E-state index contributed by atoms with van der Waals surface area (Å²) in [5, 5.41) is 9.26. The Morgan fingerprint density at radius 3 is 2.41 bits per heavy atom. The van der Waals surface area contributed by atoms with Crippen LogP contribution >= 0.6 is 0 Å². The topological polar surface area (TPSA) is 84.9 Å². The van der Waals surface area contributed by atoms with Crippen LogP contribution in [0.5, 0.6) is 0 Å². The standard InChI is InChI=1S/C16H29NO5/c1-11(2)10-21-12(3)22-17-15(18)9-14(16(19)20)8-13-6-4-5-7-13/h11-14H,4-10H2,1-3H3,(H,17,18)(H,19,20). The Hall–Kier alpha value is -1.14. The van der Waals surface area contributed by atoms with Gasteiger partial charge in [0, 0.05) is 6.42 Å². The maximum Gasteiger partial charge on any atom is 0.307 e. The summed E-state index contributed by atoms with van der Waals surface area (Å²) < 4.78 is 5.36. The molecule has 1 aliphatic carbocycles. The molecule has 2 unspecified atom stereocenters. The molecule has 1 saturated carbocycles. The zero-order valence-electron chi connectivity index (χ0n) is 13.8. The van der Waals surface area contributed by atoms with Crippen LogP contribution in [0.15, 0.2) is 0 Å². The highest BCUT2D eigenvalue weighted by atomic mass is 16.8. The van der Waals surface area contributed by atoms with Gasteiger partial charge in [0.25, 0.3) is 0 Å². The molecule has 2 atom stereocenters. The first kappa shape index (κ1) is 18.9. The van der Waals surface area contributed by atoms with Crippen molar-refractivity contribution >= 4 is 11.9 Å². The molecule has 0 aliphatic heterocycles. The van der Waals surface area contributed by atoms with Crippen molar-refractivity contribution in [2.45, 2.75) is 65.6 Å². The van der Waals surface area contributed by atoms with E-state index >= 15 is 0 Å². The van der Waals surface area contributed by atoms with Crippen molar-refractivity contribution in [2.75, 3.05) is 6.61 Å². The molecule has 1 aliphatic rings. The van der Waals surface area contributed by atoms with Crippen molar-refractivity contribution in [3.8, 4) is 0 Å². The fourth-order valence-electron chi connectivity index (χ4n) is 2.70. The molecular weight excluding hydrogens is 286 g/mol. The number of carboxylic acid groups (broad SMARTS) is 1. The Morgan fingerprint density at radius 1 is 1.23 bits per heavy atom. The van der Waals surface area contributed by atoms with E-state index in [-0.39, 0.29) is 6.42 Å². The van der Waals surface area contributed by atoms with E-state index in [0.717, 1.165) is 25.7 Å². The summed E-state index contributed by atoms with van der Waals surface area (Å²) in [5.41, 5.74) is 2.29. The number of carbonyl (C=O) groups excluding carboxylic acids is 1. The molecule has 0 radical (unpaired) electrons. The summed E-state index contributed by atoms with van der Waals surface area (Å²) in [6.45, 7) is 6.27. The van der Waals surface area contributed by atoms with Gasteiger partial charge in [0.1, 0.15) is 0 Å². The molecule has 0 aromatic rings. The number of amides is 1. The van der Waals surface area contributed by atoms with Gasteiger partial charge in [-0.2, -0.15) is 0 Å². The van der Waals surface area contributed by atoms with Gasteiger partial charge in [-0.15, -0.1) is 0 Å². The number of nitrogens with one attached hydrogen (secondary N) is 1. The van der Waals surface area contributed by atoms with Crippen LogP contribution in [0, 0.1) is 17.8 Å². The molecule has 0 spiro atoms. The molecule has 0 aromatic heterocycles. The summed E-state index contributed by atoms with van der Waals surface area (Å²) >= 11 is 0. The summed E-state index contributed by atoms with van der Waals surface area (Å²) in [6.07, 6.45) is 4.44. The molecule has 0 heterocycles. The van der Waals surface area contributed by atoms with Gasteiger partial charge >= 0.3 is 5.97 Å². The van der Waals surface area contributed by atoms with Crippen LogP contribution in [0.4, 0.5) is 0 Å². The maximum atomic E-state index is 11.8. The van der Waals surface area contributed by atoms with E-state index < -0.39 is 24.1 Å². The Kier molecular flexibility index (Phi) is 8.42. The molecule has 0 aromatic carbocycles. The summed E-state index contributed by atoms with van der Waals surface area (Å²) in [4.78, 5) is 28.2. The van der Waals surface area contributed by atoms with Crippen LogP contribution in [-0.4, -0.2) is 29.9 Å². The van der Waals surface area contributed by atoms with E-state index in [1.807, 2.05) is 13.8 Å². The molecule has 6 heteroatoms. The third-order valence-electron chi connectivity index (χ3n) is 3.88. The predicted octanol–water partition coefficient (Wildman–Crippen LogP) is 2.72. The highest BCUT2D eigenvalue weighted by molar-refractivity contribution is 5.81. The molecule has 1 rings (SSSR count). The third-order valence-corrected chi connectivity index (χ3v) is 3.88. The van der Waals surface area contributed by atoms with Gasteiger partial charge in [-0.1, -0.05) is 39.5 Å². The van der Waals surface area contributed by atoms with E-state index in [1.54, 1.807) is 6.92 Å². The van der Waals surface area contributed by atoms with Gasteiger partial charge in [-0.05, 0) is 25.2 Å². The number of hydrogen-bond donors (Lipinski definition) is 2. The molecule has 0 bridgehead atoms. The van der Waals surface area contributed by atoms with Crippen LogP contribution in [0.25, 0.3) is 0 Å². The largest absolute Gasteiger partial charge is 0.481 e. The number of carbonyl (C=O) groups is 2. The molecule has 0 saturated heterocycles. The Bertz CT molecular complexity index is 352. The molecule has 1 amide bonds. The average molecular weight is 315 g/mol. The summed E-state index contributed by atoms with van der Waals surface area (Å²) in [6, 6.07) is 0. The Morgan fingerprint density at radius 2 is 1.86 bits per heavy atom. The first-order valence-electron chi connectivity index (χ1n) is 8.17. The second-order valence-electron chi connectivity index (χ2n) is 6.56. The minimum absolute atomic E-state index is 0.0528.